The average Bonchev–Trinajstić information content (AvgIpc) is 2.02. The van der Waals surface area contributed by atoms with E-state index in [0.29, 0.717) is 6.42 Å². The summed E-state index contributed by atoms with van der Waals surface area (Å²) in [6, 6.07) is 0. The molecule has 0 rings (SSSR count). The van der Waals surface area contributed by atoms with Crippen molar-refractivity contribution in [2.75, 3.05) is 0 Å². The van der Waals surface area contributed by atoms with Crippen molar-refractivity contribution in [3.8, 4) is 0 Å². The normalized spacial score (nSPS) is 12.4. The Morgan fingerprint density at radius 1 is 1.43 bits per heavy atom. The Balaban J connectivity index is 4.76. The zero-order chi connectivity index (χ0) is 11.6. The van der Waals surface area contributed by atoms with E-state index < -0.39 is 15.5 Å². The number of carbonyl (C=O) groups excluding carboxylic acids is 1. The molecule has 0 aromatic carbocycles. The van der Waals surface area contributed by atoms with Crippen molar-refractivity contribution < 1.29 is 18.1 Å². The second-order valence-electron chi connectivity index (χ2n) is 3.74. The van der Waals surface area contributed by atoms with E-state index in [0.717, 1.165) is 0 Å². The monoisotopic (exact) mass is 223 g/mol. The molecule has 0 aliphatic carbocycles. The maximum atomic E-state index is 11.5. The van der Waals surface area contributed by atoms with Crippen LogP contribution in [-0.2, 0) is 14.9 Å². The molecular weight excluding hydrogens is 206 g/mol. The molecule has 3 N–H and O–H groups in total. The highest BCUT2D eigenvalue weighted by Gasteiger charge is 2.26. The molecule has 14 heavy (non-hydrogen) atoms. The Morgan fingerprint density at radius 2 is 1.86 bits per heavy atom. The highest BCUT2D eigenvalue weighted by molar-refractivity contribution is 7.91. The summed E-state index contributed by atoms with van der Waals surface area (Å²) in [6.07, 6.45) is 0.601. The number of nitrogens with one attached hydrogen (secondary N) is 1. The molecule has 0 saturated heterocycles. The maximum absolute atomic E-state index is 11.5. The van der Waals surface area contributed by atoms with Crippen molar-refractivity contribution >= 4 is 21.0 Å². The van der Waals surface area contributed by atoms with Crippen LogP contribution in [0.5, 0.6) is 0 Å². The van der Waals surface area contributed by atoms with E-state index in [2.05, 4.69) is 5.32 Å². The van der Waals surface area contributed by atoms with Crippen LogP contribution in [-0.4, -0.2) is 24.2 Å². The van der Waals surface area contributed by atoms with Crippen molar-refractivity contribution in [1.29, 1.82) is 0 Å². The van der Waals surface area contributed by atoms with E-state index in [1.165, 1.54) is 6.92 Å². The minimum Gasteiger partial charge on any atom is -0.319 e. The molecule has 1 amide bonds. The number of carbonyl (C=O) groups is 1. The van der Waals surface area contributed by atoms with Crippen molar-refractivity contribution in [2.24, 2.45) is 5.41 Å². The van der Waals surface area contributed by atoms with E-state index in [4.69, 9.17) is 9.11 Å². The van der Waals surface area contributed by atoms with Crippen LogP contribution in [0, 0.1) is 5.41 Å². The van der Waals surface area contributed by atoms with Crippen LogP contribution >= 0.6 is 0 Å². The molecule has 0 aromatic rings. The van der Waals surface area contributed by atoms with Crippen LogP contribution in [0.25, 0.3) is 0 Å². The predicted octanol–water partition coefficient (Wildman–Crippen LogP) is 0.919. The molecule has 0 aromatic heterocycles. The largest absolute Gasteiger partial charge is 0.319 e. The third kappa shape index (κ3) is 3.65. The fraction of sp³-hybridized carbons (Fsp3) is 0.750. The molecule has 0 aliphatic rings. The molecule has 0 radical (unpaired) electrons. The van der Waals surface area contributed by atoms with Crippen LogP contribution in [0.4, 0.5) is 0 Å². The van der Waals surface area contributed by atoms with Gasteiger partial charge in [-0.25, -0.2) is 4.21 Å². The SMILES string of the molecule is CCC(C)(C)C(=O)NC(C)=S(=O)(O)O. The third-order valence-electron chi connectivity index (χ3n) is 2.19. The first-order valence-electron chi connectivity index (χ1n) is 4.25. The zero-order valence-electron chi connectivity index (χ0n) is 8.83. The van der Waals surface area contributed by atoms with Gasteiger partial charge in [-0.3, -0.25) is 13.9 Å². The van der Waals surface area contributed by atoms with Gasteiger partial charge < -0.3 is 5.32 Å². The molecule has 5 nitrogen and oxygen atoms in total. The van der Waals surface area contributed by atoms with Gasteiger partial charge >= 0.3 is 0 Å². The van der Waals surface area contributed by atoms with Gasteiger partial charge in [0.05, 0.1) is 0 Å². The Bertz CT molecular complexity index is 331. The summed E-state index contributed by atoms with van der Waals surface area (Å²) in [6.45, 7) is 6.47. The Morgan fingerprint density at radius 3 is 2.14 bits per heavy atom. The minimum absolute atomic E-state index is 0.330. The maximum Gasteiger partial charge on any atom is 0.230 e. The van der Waals surface area contributed by atoms with Gasteiger partial charge in [0, 0.05) is 5.41 Å². The first kappa shape index (κ1) is 13.4. The Labute approximate surface area is 84.6 Å². The van der Waals surface area contributed by atoms with E-state index in [9.17, 15) is 9.00 Å². The summed E-state index contributed by atoms with van der Waals surface area (Å²) < 4.78 is 28.1. The second kappa shape index (κ2) is 4.29. The lowest BCUT2D eigenvalue weighted by molar-refractivity contribution is -0.127. The van der Waals surface area contributed by atoms with Gasteiger partial charge in [-0.05, 0) is 13.3 Å². The minimum atomic E-state index is -4.03. The van der Waals surface area contributed by atoms with Crippen molar-refractivity contribution in [3.63, 3.8) is 0 Å². The molecule has 0 aliphatic heterocycles. The van der Waals surface area contributed by atoms with E-state index in [1.807, 2.05) is 6.92 Å². The van der Waals surface area contributed by atoms with Gasteiger partial charge in [-0.2, -0.15) is 0 Å². The molecule has 6 heteroatoms. The summed E-state index contributed by atoms with van der Waals surface area (Å²) in [7, 11) is -4.03. The molecule has 0 fully saturated rings. The standard InChI is InChI=1S/C8H17NO4S/c1-5-8(3,4)7(10)9-6(2)14(11,12)13/h5H2,1-4H3,(H,9,10)(H2,11,12,13). The Kier molecular flexibility index (Phi) is 4.11. The topological polar surface area (TPSA) is 86.6 Å². The Hall–Kier alpha value is -0.590. The fourth-order valence-corrected chi connectivity index (χ4v) is 0.782. The van der Waals surface area contributed by atoms with Crippen LogP contribution in [0.1, 0.15) is 34.1 Å². The summed E-state index contributed by atoms with van der Waals surface area (Å²) in [5.74, 6) is -0.381. The molecule has 84 valence electrons. The van der Waals surface area contributed by atoms with Crippen molar-refractivity contribution in [1.82, 2.24) is 5.32 Å². The number of rotatable bonds is 2. The number of amides is 1. The van der Waals surface area contributed by atoms with Crippen LogP contribution in [0.3, 0.4) is 0 Å². The van der Waals surface area contributed by atoms with Crippen molar-refractivity contribution in [3.05, 3.63) is 0 Å². The zero-order valence-corrected chi connectivity index (χ0v) is 9.64. The summed E-state index contributed by atoms with van der Waals surface area (Å²) in [4.78, 5) is 11.1. The van der Waals surface area contributed by atoms with Crippen LogP contribution < -0.4 is 5.32 Å². The van der Waals surface area contributed by atoms with Crippen molar-refractivity contribution in [2.45, 2.75) is 34.1 Å². The highest BCUT2D eigenvalue weighted by atomic mass is 32.2. The van der Waals surface area contributed by atoms with Gasteiger partial charge in [-0.15, -0.1) is 0 Å². The first-order chi connectivity index (χ1) is 6.11. The second-order valence-corrected chi connectivity index (χ2v) is 5.35. The highest BCUT2D eigenvalue weighted by Crippen LogP contribution is 2.19. The molecule has 0 heterocycles. The third-order valence-corrected chi connectivity index (χ3v) is 3.09. The molecule has 0 bridgehead atoms. The van der Waals surface area contributed by atoms with Gasteiger partial charge in [0.2, 0.25) is 16.0 Å². The predicted molar refractivity (Wildman–Crippen MR) is 56.3 cm³/mol. The first-order valence-corrected chi connectivity index (χ1v) is 5.72. The molecule has 0 atom stereocenters. The van der Waals surface area contributed by atoms with Crippen LogP contribution in [0.15, 0.2) is 0 Å². The molecule has 0 spiro atoms. The molecular formula is C8H17NO4S. The average molecular weight is 223 g/mol. The summed E-state index contributed by atoms with van der Waals surface area (Å²) in [5.41, 5.74) is -0.619. The number of hydrogen-bond donors (Lipinski definition) is 3. The lowest BCUT2D eigenvalue weighted by Crippen LogP contribution is -2.41. The van der Waals surface area contributed by atoms with E-state index in [1.54, 1.807) is 13.8 Å². The quantitative estimate of drug-likeness (QED) is 0.607. The van der Waals surface area contributed by atoms with Gasteiger partial charge in [0.1, 0.15) is 4.99 Å². The van der Waals surface area contributed by atoms with Gasteiger partial charge in [0.15, 0.2) is 0 Å². The van der Waals surface area contributed by atoms with E-state index in [-0.39, 0.29) is 10.9 Å². The number of hydrogen-bond acceptors (Lipinski definition) is 2. The van der Waals surface area contributed by atoms with Gasteiger partial charge in [0.25, 0.3) is 0 Å². The van der Waals surface area contributed by atoms with Crippen LogP contribution in [0.2, 0.25) is 0 Å². The fourth-order valence-electron chi connectivity index (χ4n) is 0.556. The molecule has 0 unspecified atom stereocenters. The van der Waals surface area contributed by atoms with E-state index >= 15 is 0 Å². The lowest BCUT2D eigenvalue weighted by atomic mass is 9.89. The van der Waals surface area contributed by atoms with Gasteiger partial charge in [-0.1, -0.05) is 20.8 Å². The molecule has 0 saturated carbocycles. The lowest BCUT2D eigenvalue weighted by Gasteiger charge is -2.21. The summed E-state index contributed by atoms with van der Waals surface area (Å²) in [5, 5.41) is 2.21. The smallest absolute Gasteiger partial charge is 0.230 e. The summed E-state index contributed by atoms with van der Waals surface area (Å²) >= 11 is 0.